The monoisotopic (exact) mass is 436 g/mol. The second kappa shape index (κ2) is 9.27. The molecule has 1 fully saturated rings. The Labute approximate surface area is 185 Å². The maximum Gasteiger partial charge on any atom is 0.247 e. The van der Waals surface area contributed by atoms with Crippen molar-refractivity contribution >= 4 is 11.6 Å². The van der Waals surface area contributed by atoms with Crippen molar-refractivity contribution in [2.45, 2.75) is 19.4 Å². The Hall–Kier alpha value is -3.59. The molecule has 166 valence electrons. The number of ether oxygens (including phenoxy) is 3. The van der Waals surface area contributed by atoms with Crippen molar-refractivity contribution in [1.29, 1.82) is 0 Å². The zero-order chi connectivity index (χ0) is 21.8. The van der Waals surface area contributed by atoms with E-state index >= 15 is 0 Å². The molecule has 2 aromatic carbocycles. The van der Waals surface area contributed by atoms with Gasteiger partial charge in [0.15, 0.2) is 11.5 Å². The van der Waals surface area contributed by atoms with Crippen LogP contribution in [0.2, 0.25) is 0 Å². The smallest absolute Gasteiger partial charge is 0.247 e. The number of rotatable bonds is 7. The minimum absolute atomic E-state index is 0.0647. The van der Waals surface area contributed by atoms with Gasteiger partial charge in [-0.25, -0.2) is 0 Å². The summed E-state index contributed by atoms with van der Waals surface area (Å²) in [4.78, 5) is 14.6. The number of aryl methyl sites for hydroxylation is 1. The van der Waals surface area contributed by atoms with Crippen LogP contribution < -0.4 is 19.7 Å². The maximum atomic E-state index is 12.3. The van der Waals surface area contributed by atoms with E-state index in [1.807, 2.05) is 24.3 Å². The number of carbonyl (C=O) groups is 1. The van der Waals surface area contributed by atoms with E-state index in [2.05, 4.69) is 32.5 Å². The summed E-state index contributed by atoms with van der Waals surface area (Å²) in [6, 6.07) is 13.7. The molecular weight excluding hydrogens is 412 g/mol. The van der Waals surface area contributed by atoms with E-state index in [0.717, 1.165) is 37.4 Å². The lowest BCUT2D eigenvalue weighted by atomic mass is 10.2. The highest BCUT2D eigenvalue weighted by molar-refractivity contribution is 5.76. The SMILES string of the molecule is O=C(CCc1nnc(-c2ccc3c(c2)OCO3)o1)NCc1ccc(N2CCOCC2)cc1. The van der Waals surface area contributed by atoms with Crippen molar-refractivity contribution in [3.8, 4) is 23.0 Å². The zero-order valence-electron chi connectivity index (χ0n) is 17.6. The highest BCUT2D eigenvalue weighted by Crippen LogP contribution is 2.35. The van der Waals surface area contributed by atoms with Gasteiger partial charge in [0.25, 0.3) is 0 Å². The Morgan fingerprint density at radius 3 is 2.66 bits per heavy atom. The molecule has 0 aliphatic carbocycles. The van der Waals surface area contributed by atoms with Gasteiger partial charge in [-0.1, -0.05) is 12.1 Å². The molecule has 9 nitrogen and oxygen atoms in total. The van der Waals surface area contributed by atoms with E-state index in [4.69, 9.17) is 18.6 Å². The molecule has 1 N–H and O–H groups in total. The van der Waals surface area contributed by atoms with E-state index in [1.165, 1.54) is 5.69 Å². The topological polar surface area (TPSA) is 99.0 Å². The number of hydrogen-bond acceptors (Lipinski definition) is 8. The third-order valence-corrected chi connectivity index (χ3v) is 5.45. The minimum atomic E-state index is -0.0647. The van der Waals surface area contributed by atoms with Crippen LogP contribution >= 0.6 is 0 Å². The number of hydrogen-bond donors (Lipinski definition) is 1. The molecule has 1 saturated heterocycles. The van der Waals surface area contributed by atoms with Crippen molar-refractivity contribution in [1.82, 2.24) is 15.5 Å². The number of amides is 1. The van der Waals surface area contributed by atoms with Gasteiger partial charge in [-0.15, -0.1) is 10.2 Å². The van der Waals surface area contributed by atoms with Gasteiger partial charge < -0.3 is 28.8 Å². The van der Waals surface area contributed by atoms with Crippen LogP contribution in [0.25, 0.3) is 11.5 Å². The van der Waals surface area contributed by atoms with Crippen LogP contribution in [0.4, 0.5) is 5.69 Å². The van der Waals surface area contributed by atoms with Crippen LogP contribution in [0.3, 0.4) is 0 Å². The van der Waals surface area contributed by atoms with Gasteiger partial charge >= 0.3 is 0 Å². The number of nitrogens with one attached hydrogen (secondary N) is 1. The van der Waals surface area contributed by atoms with Crippen LogP contribution in [0.15, 0.2) is 46.9 Å². The molecule has 0 atom stereocenters. The van der Waals surface area contributed by atoms with E-state index in [1.54, 1.807) is 6.07 Å². The molecule has 1 aromatic heterocycles. The Morgan fingerprint density at radius 2 is 1.81 bits per heavy atom. The highest BCUT2D eigenvalue weighted by Gasteiger charge is 2.17. The van der Waals surface area contributed by atoms with Crippen molar-refractivity contribution in [3.05, 3.63) is 53.9 Å². The van der Waals surface area contributed by atoms with E-state index in [9.17, 15) is 4.79 Å². The second-order valence-electron chi connectivity index (χ2n) is 7.61. The summed E-state index contributed by atoms with van der Waals surface area (Å²) < 4.78 is 21.8. The molecule has 2 aliphatic rings. The summed E-state index contributed by atoms with van der Waals surface area (Å²) in [5.41, 5.74) is 2.98. The second-order valence-corrected chi connectivity index (χ2v) is 7.61. The zero-order valence-corrected chi connectivity index (χ0v) is 17.6. The molecule has 32 heavy (non-hydrogen) atoms. The third kappa shape index (κ3) is 4.67. The molecule has 3 aromatic rings. The fourth-order valence-corrected chi connectivity index (χ4v) is 3.66. The Bertz CT molecular complexity index is 1080. The number of morpholine rings is 1. The van der Waals surface area contributed by atoms with Crippen LogP contribution in [-0.2, 0) is 22.5 Å². The fraction of sp³-hybridized carbons (Fsp3) is 0.348. The van der Waals surface area contributed by atoms with E-state index < -0.39 is 0 Å². The Balaban J connectivity index is 1.09. The molecule has 0 saturated carbocycles. The molecule has 1 amide bonds. The first-order valence-corrected chi connectivity index (χ1v) is 10.7. The third-order valence-electron chi connectivity index (χ3n) is 5.45. The first kappa shape index (κ1) is 20.3. The van der Waals surface area contributed by atoms with Gasteiger partial charge in [0.05, 0.1) is 13.2 Å². The number of benzene rings is 2. The van der Waals surface area contributed by atoms with Gasteiger partial charge in [-0.05, 0) is 35.9 Å². The lowest BCUT2D eigenvalue weighted by Gasteiger charge is -2.28. The first-order valence-electron chi connectivity index (χ1n) is 10.7. The molecular formula is C23H24N4O5. The molecule has 9 heteroatoms. The van der Waals surface area contributed by atoms with Crippen LogP contribution in [0.1, 0.15) is 17.9 Å². The van der Waals surface area contributed by atoms with Crippen LogP contribution in [-0.4, -0.2) is 49.2 Å². The molecule has 3 heterocycles. The lowest BCUT2D eigenvalue weighted by molar-refractivity contribution is -0.121. The molecule has 0 bridgehead atoms. The van der Waals surface area contributed by atoms with Crippen molar-refractivity contribution in [2.75, 3.05) is 38.0 Å². The molecule has 0 unspecified atom stereocenters. The standard InChI is InChI=1S/C23H24N4O5/c28-21(24-14-16-1-4-18(5-2-16)27-9-11-29-12-10-27)7-8-22-25-26-23(32-22)17-3-6-19-20(13-17)31-15-30-19/h1-6,13H,7-12,14-15H2,(H,24,28). The predicted molar refractivity (Wildman–Crippen MR) is 115 cm³/mol. The van der Waals surface area contributed by atoms with Crippen molar-refractivity contribution in [3.63, 3.8) is 0 Å². The summed E-state index contributed by atoms with van der Waals surface area (Å²) in [5.74, 6) is 2.09. The number of aromatic nitrogens is 2. The molecule has 0 radical (unpaired) electrons. The van der Waals surface area contributed by atoms with Gasteiger partial charge in [0.1, 0.15) is 0 Å². The summed E-state index contributed by atoms with van der Waals surface area (Å²) in [5, 5.41) is 11.1. The number of nitrogens with zero attached hydrogens (tertiary/aromatic N) is 3. The number of anilines is 1. The quantitative estimate of drug-likeness (QED) is 0.603. The van der Waals surface area contributed by atoms with Gasteiger partial charge in [-0.2, -0.15) is 0 Å². The number of carbonyl (C=O) groups excluding carboxylic acids is 1. The average molecular weight is 436 g/mol. The van der Waals surface area contributed by atoms with Crippen molar-refractivity contribution in [2.24, 2.45) is 0 Å². The van der Waals surface area contributed by atoms with Crippen LogP contribution in [0, 0.1) is 0 Å². The average Bonchev–Trinajstić information content (AvgIpc) is 3.51. The first-order chi connectivity index (χ1) is 15.7. The number of fused-ring (bicyclic) bond motifs is 1. The van der Waals surface area contributed by atoms with Gasteiger partial charge in [0, 0.05) is 43.7 Å². The molecule has 5 rings (SSSR count). The van der Waals surface area contributed by atoms with E-state index in [0.29, 0.717) is 36.2 Å². The highest BCUT2D eigenvalue weighted by atomic mass is 16.7. The van der Waals surface area contributed by atoms with Crippen molar-refractivity contribution < 1.29 is 23.4 Å². The summed E-state index contributed by atoms with van der Waals surface area (Å²) >= 11 is 0. The van der Waals surface area contributed by atoms with Gasteiger partial charge in [0.2, 0.25) is 24.5 Å². The summed E-state index contributed by atoms with van der Waals surface area (Å²) in [7, 11) is 0. The Morgan fingerprint density at radius 1 is 1.00 bits per heavy atom. The Kier molecular flexibility index (Phi) is 5.89. The normalized spacial score (nSPS) is 15.1. The van der Waals surface area contributed by atoms with E-state index in [-0.39, 0.29) is 19.1 Å². The minimum Gasteiger partial charge on any atom is -0.454 e. The van der Waals surface area contributed by atoms with Gasteiger partial charge in [-0.3, -0.25) is 4.79 Å². The maximum absolute atomic E-state index is 12.3. The summed E-state index contributed by atoms with van der Waals surface area (Å²) in [6.45, 7) is 4.02. The predicted octanol–water partition coefficient (Wildman–Crippen LogP) is 2.55. The largest absolute Gasteiger partial charge is 0.454 e. The lowest BCUT2D eigenvalue weighted by Crippen LogP contribution is -2.36. The summed E-state index contributed by atoms with van der Waals surface area (Å²) in [6.07, 6.45) is 0.647. The fourth-order valence-electron chi connectivity index (χ4n) is 3.66. The molecule has 0 spiro atoms. The molecule has 2 aliphatic heterocycles. The van der Waals surface area contributed by atoms with Crippen LogP contribution in [0.5, 0.6) is 11.5 Å².